The van der Waals surface area contributed by atoms with Gasteiger partial charge in [-0.15, -0.1) is 0 Å². The average Bonchev–Trinajstić information content (AvgIpc) is 3.21. The van der Waals surface area contributed by atoms with Crippen LogP contribution in [-0.2, 0) is 10.2 Å². The number of hydrogen-bond acceptors (Lipinski definition) is 5. The van der Waals surface area contributed by atoms with Crippen LogP contribution in [0.2, 0.25) is 0 Å². The normalized spacial score (nSPS) is 17.3. The quantitative estimate of drug-likeness (QED) is 0.630. The molecule has 1 aromatic carbocycles. The fourth-order valence-electron chi connectivity index (χ4n) is 4.41. The maximum absolute atomic E-state index is 12.7. The summed E-state index contributed by atoms with van der Waals surface area (Å²) in [6, 6.07) is 10.3. The Labute approximate surface area is 178 Å². The van der Waals surface area contributed by atoms with E-state index in [1.165, 1.54) is 5.56 Å². The van der Waals surface area contributed by atoms with Crippen LogP contribution in [0.4, 0.5) is 11.5 Å². The van der Waals surface area contributed by atoms with E-state index in [1.807, 2.05) is 18.3 Å². The van der Waals surface area contributed by atoms with Crippen LogP contribution in [0.25, 0.3) is 11.0 Å². The van der Waals surface area contributed by atoms with Crippen molar-refractivity contribution >= 4 is 28.3 Å². The van der Waals surface area contributed by atoms with Crippen molar-refractivity contribution in [2.45, 2.75) is 45.4 Å². The van der Waals surface area contributed by atoms with Crippen molar-refractivity contribution in [3.8, 4) is 0 Å². The van der Waals surface area contributed by atoms with E-state index in [0.717, 1.165) is 48.5 Å². The molecule has 1 aliphatic heterocycles. The zero-order valence-electron chi connectivity index (χ0n) is 18.1. The highest BCUT2D eigenvalue weighted by Gasteiger charge is 2.25. The first-order chi connectivity index (χ1) is 14.4. The number of anilines is 2. The number of carbonyl (C=O) groups is 1. The van der Waals surface area contributed by atoms with E-state index in [2.05, 4.69) is 64.1 Å². The molecule has 6 nitrogen and oxygen atoms in total. The van der Waals surface area contributed by atoms with Gasteiger partial charge in [-0.25, -0.2) is 9.97 Å². The standard InChI is InChI=1S/C24H31N5O/c1-24(2,3)20-8-4-5-9-21(20)26-14-18(30)13-17-7-6-12-29(15-17)23-19-10-11-25-22(19)27-16-28-23/h4-5,8-11,16-17,26H,6-7,12-15H2,1-3H3,(H,25,27,28). The first-order valence-corrected chi connectivity index (χ1v) is 10.8. The zero-order valence-corrected chi connectivity index (χ0v) is 18.1. The molecule has 30 heavy (non-hydrogen) atoms. The molecule has 0 bridgehead atoms. The first kappa shape index (κ1) is 20.4. The maximum atomic E-state index is 12.7. The molecule has 2 N–H and O–H groups in total. The van der Waals surface area contributed by atoms with Crippen LogP contribution in [0.5, 0.6) is 0 Å². The van der Waals surface area contributed by atoms with E-state index in [-0.39, 0.29) is 11.2 Å². The summed E-state index contributed by atoms with van der Waals surface area (Å²) in [5.74, 6) is 1.59. The highest BCUT2D eigenvalue weighted by Crippen LogP contribution is 2.30. The summed E-state index contributed by atoms with van der Waals surface area (Å²) in [7, 11) is 0. The van der Waals surface area contributed by atoms with Gasteiger partial charge in [0.1, 0.15) is 17.8 Å². The van der Waals surface area contributed by atoms with E-state index in [0.29, 0.717) is 18.9 Å². The molecule has 3 aromatic rings. The third-order valence-corrected chi connectivity index (χ3v) is 5.88. The Balaban J connectivity index is 1.37. The molecule has 0 radical (unpaired) electrons. The summed E-state index contributed by atoms with van der Waals surface area (Å²) in [5, 5.41) is 4.43. The molecule has 0 amide bonds. The summed E-state index contributed by atoms with van der Waals surface area (Å²) in [6.45, 7) is 8.79. The van der Waals surface area contributed by atoms with E-state index >= 15 is 0 Å². The molecular weight excluding hydrogens is 374 g/mol. The van der Waals surface area contributed by atoms with Crippen LogP contribution < -0.4 is 10.2 Å². The predicted octanol–water partition coefficient (Wildman–Crippen LogP) is 4.54. The Kier molecular flexibility index (Phi) is 5.75. The third-order valence-electron chi connectivity index (χ3n) is 5.88. The third kappa shape index (κ3) is 4.48. The fraction of sp³-hybridized carbons (Fsp3) is 0.458. The second kappa shape index (κ2) is 8.46. The molecule has 1 fully saturated rings. The molecule has 1 saturated heterocycles. The van der Waals surface area contributed by atoms with Gasteiger partial charge in [0.15, 0.2) is 5.78 Å². The SMILES string of the molecule is CC(C)(C)c1ccccc1NCC(=O)CC1CCCN(c2ncnc3[nH]ccc23)C1. The van der Waals surface area contributed by atoms with Gasteiger partial charge in [0.2, 0.25) is 0 Å². The molecule has 0 saturated carbocycles. The van der Waals surface area contributed by atoms with Crippen molar-refractivity contribution < 1.29 is 4.79 Å². The van der Waals surface area contributed by atoms with Crippen LogP contribution in [0.1, 0.15) is 45.6 Å². The van der Waals surface area contributed by atoms with Crippen LogP contribution in [-0.4, -0.2) is 40.4 Å². The second-order valence-corrected chi connectivity index (χ2v) is 9.28. The lowest BCUT2D eigenvalue weighted by molar-refractivity contribution is -0.118. The molecule has 3 heterocycles. The lowest BCUT2D eigenvalue weighted by Gasteiger charge is -2.33. The largest absolute Gasteiger partial charge is 0.378 e. The molecule has 0 aliphatic carbocycles. The Morgan fingerprint density at radius 2 is 2.07 bits per heavy atom. The smallest absolute Gasteiger partial charge is 0.152 e. The number of hydrogen-bond donors (Lipinski definition) is 2. The van der Waals surface area contributed by atoms with E-state index in [4.69, 9.17) is 0 Å². The molecule has 158 valence electrons. The van der Waals surface area contributed by atoms with Gasteiger partial charge >= 0.3 is 0 Å². The van der Waals surface area contributed by atoms with Gasteiger partial charge in [-0.2, -0.15) is 0 Å². The number of carbonyl (C=O) groups excluding carboxylic acids is 1. The van der Waals surface area contributed by atoms with Gasteiger partial charge in [-0.1, -0.05) is 39.0 Å². The van der Waals surface area contributed by atoms with Gasteiger partial charge in [-0.05, 0) is 41.9 Å². The minimum atomic E-state index is 0.0393. The summed E-state index contributed by atoms with van der Waals surface area (Å²) >= 11 is 0. The van der Waals surface area contributed by atoms with Crippen LogP contribution in [0.15, 0.2) is 42.9 Å². The first-order valence-electron chi connectivity index (χ1n) is 10.8. The molecule has 1 aliphatic rings. The molecule has 6 heteroatoms. The number of rotatable bonds is 6. The number of Topliss-reactive ketones (excluding diaryl/α,β-unsaturated/α-hetero) is 1. The Morgan fingerprint density at radius 3 is 2.90 bits per heavy atom. The average molecular weight is 406 g/mol. The van der Waals surface area contributed by atoms with Crippen molar-refractivity contribution in [1.82, 2.24) is 15.0 Å². The lowest BCUT2D eigenvalue weighted by Crippen LogP contribution is -2.37. The topological polar surface area (TPSA) is 73.9 Å². The van der Waals surface area contributed by atoms with Crippen molar-refractivity contribution in [3.63, 3.8) is 0 Å². The van der Waals surface area contributed by atoms with Gasteiger partial charge in [0.05, 0.1) is 11.9 Å². The number of aromatic amines is 1. The van der Waals surface area contributed by atoms with Crippen molar-refractivity contribution in [2.24, 2.45) is 5.92 Å². The monoisotopic (exact) mass is 405 g/mol. The number of para-hydroxylation sites is 1. The van der Waals surface area contributed by atoms with E-state index in [9.17, 15) is 4.79 Å². The Bertz CT molecular complexity index is 1020. The maximum Gasteiger partial charge on any atom is 0.152 e. The summed E-state index contributed by atoms with van der Waals surface area (Å²) in [6.07, 6.45) is 6.27. The highest BCUT2D eigenvalue weighted by atomic mass is 16.1. The van der Waals surface area contributed by atoms with Crippen molar-refractivity contribution in [3.05, 3.63) is 48.4 Å². The van der Waals surface area contributed by atoms with Crippen LogP contribution in [0.3, 0.4) is 0 Å². The highest BCUT2D eigenvalue weighted by molar-refractivity contribution is 5.87. The van der Waals surface area contributed by atoms with E-state index in [1.54, 1.807) is 6.33 Å². The summed E-state index contributed by atoms with van der Waals surface area (Å²) in [5.41, 5.74) is 3.19. The molecule has 1 unspecified atom stereocenters. The van der Waals surface area contributed by atoms with Gasteiger partial charge < -0.3 is 15.2 Å². The zero-order chi connectivity index (χ0) is 21.1. The number of nitrogens with one attached hydrogen (secondary N) is 2. The second-order valence-electron chi connectivity index (χ2n) is 9.28. The molecule has 4 rings (SSSR count). The minimum Gasteiger partial charge on any atom is -0.378 e. The predicted molar refractivity (Wildman–Crippen MR) is 122 cm³/mol. The summed E-state index contributed by atoms with van der Waals surface area (Å²) in [4.78, 5) is 27.0. The number of aromatic nitrogens is 3. The number of fused-ring (bicyclic) bond motifs is 1. The van der Waals surface area contributed by atoms with Crippen LogP contribution >= 0.6 is 0 Å². The molecular formula is C24H31N5O. The Morgan fingerprint density at radius 1 is 1.23 bits per heavy atom. The Hall–Kier alpha value is -2.89. The lowest BCUT2D eigenvalue weighted by atomic mass is 9.85. The number of H-pyrrole nitrogens is 1. The van der Waals surface area contributed by atoms with Gasteiger partial charge in [-0.3, -0.25) is 4.79 Å². The number of ketones is 1. The number of benzene rings is 1. The molecule has 0 spiro atoms. The number of nitrogens with zero attached hydrogens (tertiary/aromatic N) is 3. The van der Waals surface area contributed by atoms with Crippen molar-refractivity contribution in [1.29, 1.82) is 0 Å². The minimum absolute atomic E-state index is 0.0393. The van der Waals surface area contributed by atoms with Crippen LogP contribution in [0, 0.1) is 5.92 Å². The van der Waals surface area contributed by atoms with E-state index < -0.39 is 0 Å². The molecule has 1 atom stereocenters. The molecule has 2 aromatic heterocycles. The van der Waals surface area contributed by atoms with Gasteiger partial charge in [0, 0.05) is 31.4 Å². The fourth-order valence-corrected chi connectivity index (χ4v) is 4.41. The summed E-state index contributed by atoms with van der Waals surface area (Å²) < 4.78 is 0. The number of piperidine rings is 1. The van der Waals surface area contributed by atoms with Gasteiger partial charge in [0.25, 0.3) is 0 Å². The van der Waals surface area contributed by atoms with Crippen molar-refractivity contribution in [2.75, 3.05) is 29.9 Å².